The van der Waals surface area contributed by atoms with Crippen molar-refractivity contribution in [1.29, 1.82) is 0 Å². The Morgan fingerprint density at radius 1 is 0.800 bits per heavy atom. The fourth-order valence-corrected chi connectivity index (χ4v) is 4.43. The molecule has 2 unspecified atom stereocenters. The molecule has 0 spiro atoms. The van der Waals surface area contributed by atoms with Gasteiger partial charge in [-0.1, -0.05) is 77.0 Å². The monoisotopic (exact) mass is 446 g/mol. The van der Waals surface area contributed by atoms with E-state index in [2.05, 4.69) is 0 Å². The first-order valence-corrected chi connectivity index (χ1v) is 12.9. The topological polar surface area (TPSA) is 104 Å². The van der Waals surface area contributed by atoms with Crippen LogP contribution in [0.4, 0.5) is 0 Å². The summed E-state index contributed by atoms with van der Waals surface area (Å²) in [6.45, 7) is 1.06. The minimum Gasteiger partial charge on any atom is -0.481 e. The van der Waals surface area contributed by atoms with E-state index in [1.54, 1.807) is 4.90 Å². The summed E-state index contributed by atoms with van der Waals surface area (Å²) in [6.07, 6.45) is 17.6. The standard InChI is InChI=1S/C22H40NO6P/c24-21(23-18-17-20(19-23)29-30(27)28)15-13-11-9-7-5-3-1-2-4-6-8-10-12-14-16-22(25)26/h20H,1-19H2,(H-,25,26,27,28)/p+1. The third kappa shape index (κ3) is 14.9. The number of nitrogens with zero attached hydrogens (tertiary/aromatic N) is 1. The minimum atomic E-state index is -2.59. The van der Waals surface area contributed by atoms with E-state index in [0.717, 1.165) is 32.1 Å². The summed E-state index contributed by atoms with van der Waals surface area (Å²) in [6, 6.07) is 0. The van der Waals surface area contributed by atoms with Gasteiger partial charge in [-0.3, -0.25) is 9.59 Å². The van der Waals surface area contributed by atoms with Crippen LogP contribution in [-0.4, -0.2) is 46.0 Å². The lowest BCUT2D eigenvalue weighted by Crippen LogP contribution is -2.29. The van der Waals surface area contributed by atoms with E-state index in [9.17, 15) is 14.2 Å². The Kier molecular flexibility index (Phi) is 15.9. The average Bonchev–Trinajstić information content (AvgIpc) is 3.15. The second-order valence-electron chi connectivity index (χ2n) is 8.44. The highest BCUT2D eigenvalue weighted by atomic mass is 31.1. The van der Waals surface area contributed by atoms with E-state index in [4.69, 9.17) is 14.5 Å². The molecule has 174 valence electrons. The maximum Gasteiger partial charge on any atom is 0.695 e. The van der Waals surface area contributed by atoms with Crippen molar-refractivity contribution in [3.63, 3.8) is 0 Å². The molecule has 1 amide bonds. The van der Waals surface area contributed by atoms with Crippen molar-refractivity contribution in [2.75, 3.05) is 13.1 Å². The quantitative estimate of drug-likeness (QED) is 0.198. The van der Waals surface area contributed by atoms with Crippen molar-refractivity contribution >= 4 is 20.1 Å². The van der Waals surface area contributed by atoms with Crippen LogP contribution < -0.4 is 0 Å². The Morgan fingerprint density at radius 3 is 1.67 bits per heavy atom. The van der Waals surface area contributed by atoms with Crippen LogP contribution in [0.3, 0.4) is 0 Å². The Labute approximate surface area is 182 Å². The van der Waals surface area contributed by atoms with E-state index in [0.29, 0.717) is 32.4 Å². The Morgan fingerprint density at radius 2 is 1.23 bits per heavy atom. The number of unbranched alkanes of at least 4 members (excludes halogenated alkanes) is 13. The second-order valence-corrected chi connectivity index (χ2v) is 9.12. The molecule has 7 nitrogen and oxygen atoms in total. The number of hydrogen-bond acceptors (Lipinski definition) is 4. The molecule has 1 rings (SSSR count). The summed E-state index contributed by atoms with van der Waals surface area (Å²) in [5.74, 6) is -0.550. The summed E-state index contributed by atoms with van der Waals surface area (Å²) < 4.78 is 15.6. The Bertz CT molecular complexity index is 502. The van der Waals surface area contributed by atoms with E-state index >= 15 is 0 Å². The van der Waals surface area contributed by atoms with Gasteiger partial charge in [-0.25, -0.2) is 0 Å². The first-order valence-electron chi connectivity index (χ1n) is 11.8. The first-order chi connectivity index (χ1) is 14.5. The second kappa shape index (κ2) is 17.6. The van der Waals surface area contributed by atoms with Crippen LogP contribution in [0.15, 0.2) is 0 Å². The zero-order valence-corrected chi connectivity index (χ0v) is 19.3. The molecule has 2 N–H and O–H groups in total. The Balaban J connectivity index is 1.80. The molecule has 1 heterocycles. The van der Waals surface area contributed by atoms with Crippen molar-refractivity contribution in [2.45, 2.75) is 115 Å². The van der Waals surface area contributed by atoms with Crippen molar-refractivity contribution in [2.24, 2.45) is 0 Å². The third-order valence-corrected chi connectivity index (χ3v) is 6.25. The van der Waals surface area contributed by atoms with Crippen LogP contribution in [0.1, 0.15) is 109 Å². The van der Waals surface area contributed by atoms with Crippen LogP contribution in [0.25, 0.3) is 0 Å². The lowest BCUT2D eigenvalue weighted by atomic mass is 10.0. The fourth-order valence-electron chi connectivity index (χ4n) is 4.00. The molecule has 0 aromatic heterocycles. The van der Waals surface area contributed by atoms with Gasteiger partial charge in [0, 0.05) is 24.0 Å². The molecular formula is C22H41NO6P+. The number of likely N-dealkylation sites (tertiary alicyclic amines) is 1. The van der Waals surface area contributed by atoms with Crippen molar-refractivity contribution in [3.8, 4) is 0 Å². The largest absolute Gasteiger partial charge is 0.695 e. The maximum absolute atomic E-state index is 12.1. The lowest BCUT2D eigenvalue weighted by Gasteiger charge is -2.15. The van der Waals surface area contributed by atoms with Gasteiger partial charge in [0.1, 0.15) is 6.10 Å². The number of hydrogen-bond donors (Lipinski definition) is 2. The highest BCUT2D eigenvalue weighted by Crippen LogP contribution is 2.24. The van der Waals surface area contributed by atoms with Gasteiger partial charge in [0.15, 0.2) is 0 Å². The molecule has 0 aliphatic carbocycles. The normalized spacial score (nSPS) is 16.8. The van der Waals surface area contributed by atoms with Gasteiger partial charge in [-0.15, -0.1) is 9.42 Å². The SMILES string of the molecule is O=C(O)CCCCCCCCCCCCCCCCC(=O)N1CCC(O[P+](=O)O)C1. The smallest absolute Gasteiger partial charge is 0.481 e. The summed E-state index contributed by atoms with van der Waals surface area (Å²) in [4.78, 5) is 33.1. The van der Waals surface area contributed by atoms with Crippen LogP contribution in [-0.2, 0) is 18.7 Å². The highest BCUT2D eigenvalue weighted by molar-refractivity contribution is 7.32. The summed E-state index contributed by atoms with van der Waals surface area (Å²) in [5, 5.41) is 8.58. The fraction of sp³-hybridized carbons (Fsp3) is 0.909. The number of amides is 1. The van der Waals surface area contributed by atoms with Crippen LogP contribution in [0, 0.1) is 0 Å². The molecule has 8 heteroatoms. The lowest BCUT2D eigenvalue weighted by molar-refractivity contribution is -0.137. The number of carboxylic acids is 1. The van der Waals surface area contributed by atoms with Gasteiger partial charge in [-0.05, 0) is 19.3 Å². The van der Waals surface area contributed by atoms with Crippen LogP contribution in [0.2, 0.25) is 0 Å². The van der Waals surface area contributed by atoms with E-state index < -0.39 is 14.2 Å². The predicted molar refractivity (Wildman–Crippen MR) is 117 cm³/mol. The average molecular weight is 447 g/mol. The summed E-state index contributed by atoms with van der Waals surface area (Å²) in [7, 11) is -2.59. The van der Waals surface area contributed by atoms with Crippen LogP contribution in [0.5, 0.6) is 0 Å². The molecular weight excluding hydrogens is 405 g/mol. The van der Waals surface area contributed by atoms with E-state index in [1.807, 2.05) is 0 Å². The first kappa shape index (κ1) is 27.0. The molecule has 2 atom stereocenters. The number of carboxylic acid groups (broad SMARTS) is 1. The zero-order chi connectivity index (χ0) is 22.0. The molecule has 1 aliphatic rings. The van der Waals surface area contributed by atoms with E-state index in [1.165, 1.54) is 57.8 Å². The predicted octanol–water partition coefficient (Wildman–Crippen LogP) is 5.58. The highest BCUT2D eigenvalue weighted by Gasteiger charge is 2.32. The summed E-state index contributed by atoms with van der Waals surface area (Å²) >= 11 is 0. The number of carbonyl (C=O) groups is 2. The molecule has 0 radical (unpaired) electrons. The summed E-state index contributed by atoms with van der Waals surface area (Å²) in [5.41, 5.74) is 0. The van der Waals surface area contributed by atoms with Crippen molar-refractivity contribution in [3.05, 3.63) is 0 Å². The maximum atomic E-state index is 12.1. The van der Waals surface area contributed by atoms with Gasteiger partial charge >= 0.3 is 14.2 Å². The molecule has 0 saturated carbocycles. The van der Waals surface area contributed by atoms with Crippen molar-refractivity contribution in [1.82, 2.24) is 4.90 Å². The van der Waals surface area contributed by atoms with Crippen molar-refractivity contribution < 1.29 is 28.7 Å². The van der Waals surface area contributed by atoms with Gasteiger partial charge in [0.05, 0.1) is 6.54 Å². The molecule has 1 saturated heterocycles. The van der Waals surface area contributed by atoms with Gasteiger partial charge in [-0.2, -0.15) is 0 Å². The van der Waals surface area contributed by atoms with E-state index in [-0.39, 0.29) is 12.0 Å². The number of rotatable bonds is 19. The molecule has 0 aromatic rings. The van der Waals surface area contributed by atoms with Gasteiger partial charge < -0.3 is 10.0 Å². The zero-order valence-electron chi connectivity index (χ0n) is 18.4. The molecule has 0 bridgehead atoms. The third-order valence-electron chi connectivity index (χ3n) is 5.77. The van der Waals surface area contributed by atoms with Gasteiger partial charge in [0.25, 0.3) is 0 Å². The Hall–Kier alpha value is -1.04. The molecule has 1 aliphatic heterocycles. The number of aliphatic carboxylic acids is 1. The van der Waals surface area contributed by atoms with Gasteiger partial charge in [0.2, 0.25) is 5.91 Å². The molecule has 0 aromatic carbocycles. The molecule has 30 heavy (non-hydrogen) atoms. The minimum absolute atomic E-state index is 0.135. The van der Waals surface area contributed by atoms with Crippen LogP contribution >= 0.6 is 8.25 Å². The number of carbonyl (C=O) groups excluding carboxylic acids is 1. The molecule has 1 fully saturated rings.